The third-order valence-electron chi connectivity index (χ3n) is 6.56. The Morgan fingerprint density at radius 1 is 1.00 bits per heavy atom. The molecule has 0 radical (unpaired) electrons. The molecule has 0 saturated carbocycles. The van der Waals surface area contributed by atoms with E-state index in [1.807, 2.05) is 42.5 Å². The van der Waals surface area contributed by atoms with Crippen molar-refractivity contribution < 1.29 is 9.59 Å². The van der Waals surface area contributed by atoms with E-state index < -0.39 is 12.0 Å². The van der Waals surface area contributed by atoms with E-state index in [0.717, 1.165) is 28.2 Å². The highest BCUT2D eigenvalue weighted by atomic mass is 35.5. The van der Waals surface area contributed by atoms with Gasteiger partial charge in [0.25, 0.3) is 0 Å². The molecule has 3 atom stereocenters. The molecule has 3 unspecified atom stereocenters. The predicted octanol–water partition coefficient (Wildman–Crippen LogP) is 6.42. The van der Waals surface area contributed by atoms with Crippen molar-refractivity contribution in [1.29, 1.82) is 0 Å². The molecule has 0 fully saturated rings. The third-order valence-corrected chi connectivity index (χ3v) is 6.79. The molecule has 166 valence electrons. The first-order chi connectivity index (χ1) is 15.9. The summed E-state index contributed by atoms with van der Waals surface area (Å²) in [6, 6.07) is 23.0. The molecule has 4 nitrogen and oxygen atoms in total. The second-order valence-corrected chi connectivity index (χ2v) is 9.25. The van der Waals surface area contributed by atoms with Gasteiger partial charge in [0.15, 0.2) is 0 Å². The van der Waals surface area contributed by atoms with Gasteiger partial charge in [0.1, 0.15) is 5.78 Å². The van der Waals surface area contributed by atoms with Crippen molar-refractivity contribution in [1.82, 2.24) is 0 Å². The van der Waals surface area contributed by atoms with Crippen LogP contribution >= 0.6 is 11.6 Å². The molecule has 0 saturated heterocycles. The molecule has 5 rings (SSSR count). The zero-order chi connectivity index (χ0) is 23.1. The second-order valence-electron chi connectivity index (χ2n) is 8.82. The lowest BCUT2D eigenvalue weighted by Gasteiger charge is -2.37. The van der Waals surface area contributed by atoms with Crippen LogP contribution in [-0.2, 0) is 9.59 Å². The Labute approximate surface area is 198 Å². The largest absolute Gasteiger partial charge is 0.357 e. The highest BCUT2D eigenvalue weighted by Gasteiger charge is 2.44. The Morgan fingerprint density at radius 2 is 1.76 bits per heavy atom. The molecular weight excluding hydrogens is 432 g/mol. The van der Waals surface area contributed by atoms with E-state index in [1.54, 1.807) is 17.9 Å². The van der Waals surface area contributed by atoms with Gasteiger partial charge in [0.2, 0.25) is 5.91 Å². The quantitative estimate of drug-likeness (QED) is 0.483. The zero-order valence-corrected chi connectivity index (χ0v) is 19.3. The van der Waals surface area contributed by atoms with Crippen LogP contribution in [0.2, 0.25) is 5.02 Å². The fourth-order valence-corrected chi connectivity index (χ4v) is 5.23. The number of hydrogen-bond acceptors (Lipinski definition) is 3. The second kappa shape index (κ2) is 8.53. The summed E-state index contributed by atoms with van der Waals surface area (Å²) in [6.07, 6.45) is 2.55. The minimum atomic E-state index is -0.513. The van der Waals surface area contributed by atoms with Gasteiger partial charge in [-0.1, -0.05) is 71.8 Å². The lowest BCUT2D eigenvalue weighted by atomic mass is 9.76. The first-order valence-electron chi connectivity index (χ1n) is 11.1. The summed E-state index contributed by atoms with van der Waals surface area (Å²) in [6.45, 7) is 3.60. The number of halogens is 1. The van der Waals surface area contributed by atoms with E-state index >= 15 is 0 Å². The van der Waals surface area contributed by atoms with Gasteiger partial charge in [-0.2, -0.15) is 0 Å². The lowest BCUT2D eigenvalue weighted by Crippen LogP contribution is -2.41. The van der Waals surface area contributed by atoms with Gasteiger partial charge in [-0.15, -0.1) is 0 Å². The van der Waals surface area contributed by atoms with Crippen LogP contribution in [0.4, 0.5) is 11.4 Å². The third kappa shape index (κ3) is 3.96. The zero-order valence-electron chi connectivity index (χ0n) is 18.6. The number of benzene rings is 3. The molecule has 0 aromatic heterocycles. The number of carbonyl (C=O) groups excluding carboxylic acids is 2. The first-order valence-corrected chi connectivity index (χ1v) is 11.5. The number of aryl methyl sites for hydroxylation is 1. The van der Waals surface area contributed by atoms with E-state index in [0.29, 0.717) is 11.4 Å². The van der Waals surface area contributed by atoms with Crippen molar-refractivity contribution in [3.05, 3.63) is 106 Å². The van der Waals surface area contributed by atoms with Crippen molar-refractivity contribution in [2.24, 2.45) is 5.92 Å². The standard InChI is InChI=1S/C28H25ClN2O2/c1-17-10-12-19(13-11-17)21-15-24-27(26(33)16-21)28(20-6-5-7-22(29)14-20)31(18(2)32)25-9-4-3-8-23(25)30-24/h3-15,21,27-28,30H,16H2,1-2H3. The molecule has 1 heterocycles. The van der Waals surface area contributed by atoms with E-state index in [9.17, 15) is 9.59 Å². The van der Waals surface area contributed by atoms with Gasteiger partial charge in [0.05, 0.1) is 23.3 Å². The van der Waals surface area contributed by atoms with E-state index in [-0.39, 0.29) is 17.6 Å². The Hall–Kier alpha value is -3.37. The van der Waals surface area contributed by atoms with Crippen molar-refractivity contribution >= 4 is 34.7 Å². The molecule has 1 N–H and O–H groups in total. The number of ketones is 1. The average molecular weight is 457 g/mol. The monoisotopic (exact) mass is 456 g/mol. The van der Waals surface area contributed by atoms with Crippen LogP contribution in [-0.4, -0.2) is 11.7 Å². The van der Waals surface area contributed by atoms with Crippen molar-refractivity contribution in [2.45, 2.75) is 32.2 Å². The number of allylic oxidation sites excluding steroid dienone is 1. The maximum atomic E-state index is 13.8. The van der Waals surface area contributed by atoms with E-state index in [4.69, 9.17) is 11.6 Å². The molecule has 1 amide bonds. The van der Waals surface area contributed by atoms with Gasteiger partial charge < -0.3 is 10.2 Å². The number of hydrogen-bond donors (Lipinski definition) is 1. The molecule has 3 aromatic carbocycles. The fraction of sp³-hybridized carbons (Fsp3) is 0.214. The van der Waals surface area contributed by atoms with Crippen LogP contribution < -0.4 is 10.2 Å². The SMILES string of the molecule is CC(=O)N1c2ccccc2NC2=CC(c3ccc(C)cc3)CC(=O)C2C1c1cccc(Cl)c1. The highest BCUT2D eigenvalue weighted by molar-refractivity contribution is 6.30. The van der Waals surface area contributed by atoms with Crippen LogP contribution in [0.1, 0.15) is 42.0 Å². The summed E-state index contributed by atoms with van der Waals surface area (Å²) >= 11 is 6.34. The van der Waals surface area contributed by atoms with Gasteiger partial charge in [-0.05, 0) is 42.3 Å². The Kier molecular flexibility index (Phi) is 5.55. The Balaban J connectivity index is 1.71. The molecule has 5 heteroatoms. The number of nitrogens with zero attached hydrogens (tertiary/aromatic N) is 1. The number of fused-ring (bicyclic) bond motifs is 2. The van der Waals surface area contributed by atoms with Crippen molar-refractivity contribution in [3.8, 4) is 0 Å². The Bertz CT molecular complexity index is 1260. The van der Waals surface area contributed by atoms with Crippen molar-refractivity contribution in [3.63, 3.8) is 0 Å². The van der Waals surface area contributed by atoms with Crippen molar-refractivity contribution in [2.75, 3.05) is 10.2 Å². The number of para-hydroxylation sites is 2. The molecular formula is C28H25ClN2O2. The summed E-state index contributed by atoms with van der Waals surface area (Å²) in [4.78, 5) is 28.5. The summed E-state index contributed by atoms with van der Waals surface area (Å²) in [7, 11) is 0. The minimum absolute atomic E-state index is 0.0205. The highest BCUT2D eigenvalue weighted by Crippen LogP contribution is 2.48. The Morgan fingerprint density at radius 3 is 2.48 bits per heavy atom. The maximum Gasteiger partial charge on any atom is 0.224 e. The summed E-state index contributed by atoms with van der Waals surface area (Å²) in [5, 5.41) is 4.09. The van der Waals surface area contributed by atoms with E-state index in [2.05, 4.69) is 42.6 Å². The number of Topliss-reactive ketones (excluding diaryl/α,β-unsaturated/α-hetero) is 1. The normalized spacial score (nSPS) is 21.9. The van der Waals surface area contributed by atoms with Crippen LogP contribution in [0.3, 0.4) is 0 Å². The number of anilines is 2. The minimum Gasteiger partial charge on any atom is -0.357 e. The maximum absolute atomic E-state index is 13.8. The molecule has 33 heavy (non-hydrogen) atoms. The first kappa shape index (κ1) is 21.5. The van der Waals surface area contributed by atoms with Crippen LogP contribution in [0.25, 0.3) is 0 Å². The van der Waals surface area contributed by atoms with Gasteiger partial charge >= 0.3 is 0 Å². The number of carbonyl (C=O) groups is 2. The van der Waals surface area contributed by atoms with Crippen LogP contribution in [0, 0.1) is 12.8 Å². The molecule has 1 aliphatic heterocycles. The summed E-state index contributed by atoms with van der Waals surface area (Å²) < 4.78 is 0. The number of amides is 1. The molecule has 3 aromatic rings. The molecule has 0 bridgehead atoms. The lowest BCUT2D eigenvalue weighted by molar-refractivity contribution is -0.123. The number of nitrogens with one attached hydrogen (secondary N) is 1. The fourth-order valence-electron chi connectivity index (χ4n) is 5.03. The smallest absolute Gasteiger partial charge is 0.224 e. The predicted molar refractivity (Wildman–Crippen MR) is 133 cm³/mol. The topological polar surface area (TPSA) is 49.4 Å². The number of rotatable bonds is 2. The van der Waals surface area contributed by atoms with Gasteiger partial charge in [-0.3, -0.25) is 9.59 Å². The molecule has 1 aliphatic carbocycles. The molecule has 2 aliphatic rings. The van der Waals surface area contributed by atoms with Crippen LogP contribution in [0.15, 0.2) is 84.6 Å². The van der Waals surface area contributed by atoms with E-state index in [1.165, 1.54) is 5.56 Å². The average Bonchev–Trinajstić information content (AvgIpc) is 2.94. The van der Waals surface area contributed by atoms with Gasteiger partial charge in [-0.25, -0.2) is 0 Å². The van der Waals surface area contributed by atoms with Crippen LogP contribution in [0.5, 0.6) is 0 Å². The molecule has 0 spiro atoms. The summed E-state index contributed by atoms with van der Waals surface area (Å²) in [5.41, 5.74) is 5.54. The summed E-state index contributed by atoms with van der Waals surface area (Å²) in [5.74, 6) is -0.548. The van der Waals surface area contributed by atoms with Gasteiger partial charge in [0, 0.05) is 30.0 Å².